The largest absolute Gasteiger partial charge is 0.480 e. The van der Waals surface area contributed by atoms with Crippen molar-refractivity contribution in [2.24, 2.45) is 11.5 Å². The molecule has 12 nitrogen and oxygen atoms in total. The van der Waals surface area contributed by atoms with E-state index in [2.05, 4.69) is 15.5 Å². The van der Waals surface area contributed by atoms with Gasteiger partial charge in [0.15, 0.2) is 5.82 Å². The Bertz CT molecular complexity index is 588. The Morgan fingerprint density at radius 2 is 2.12 bits per heavy atom. The van der Waals surface area contributed by atoms with Gasteiger partial charge in [0.2, 0.25) is 5.89 Å². The van der Waals surface area contributed by atoms with E-state index in [1.165, 1.54) is 0 Å². The normalized spacial score (nSPS) is 17.8. The van der Waals surface area contributed by atoms with Gasteiger partial charge in [-0.05, 0) is 19.3 Å². The van der Waals surface area contributed by atoms with Gasteiger partial charge >= 0.3 is 12.0 Å². The molecule has 24 heavy (non-hydrogen) atoms. The number of nitrogens with zero attached hydrogens (tertiary/aromatic N) is 2. The predicted octanol–water partition coefficient (Wildman–Crippen LogP) is -1.87. The fourth-order valence-corrected chi connectivity index (χ4v) is 1.82. The Morgan fingerprint density at radius 3 is 2.71 bits per heavy atom. The number of urea groups is 1. The molecule has 1 aliphatic rings. The molecule has 0 spiro atoms. The van der Waals surface area contributed by atoms with Gasteiger partial charge in [-0.1, -0.05) is 5.16 Å². The van der Waals surface area contributed by atoms with Gasteiger partial charge in [-0.25, -0.2) is 15.1 Å². The number of aliphatic hydroxyl groups is 1. The molecule has 0 aliphatic heterocycles. The van der Waals surface area contributed by atoms with Crippen LogP contribution in [0.25, 0.3) is 0 Å². The van der Waals surface area contributed by atoms with E-state index in [1.807, 2.05) is 5.48 Å². The van der Waals surface area contributed by atoms with Gasteiger partial charge < -0.3 is 31.5 Å². The molecule has 8 N–H and O–H groups in total. The second kappa shape index (κ2) is 7.53. The number of carbonyl (C=O) groups is 2. The SMILES string of the molecule is N[C@H](CO)c1noc(CC[C@H](N)ONC(=O)NC2(C(=O)O)CC2)n1. The summed E-state index contributed by atoms with van der Waals surface area (Å²) < 4.78 is 4.94. The van der Waals surface area contributed by atoms with Crippen molar-refractivity contribution >= 4 is 12.0 Å². The van der Waals surface area contributed by atoms with E-state index in [0.29, 0.717) is 12.8 Å². The highest BCUT2D eigenvalue weighted by molar-refractivity contribution is 5.88. The second-order valence-electron chi connectivity index (χ2n) is 5.47. The number of nitrogens with two attached hydrogens (primary N) is 2. The number of rotatable bonds is 9. The van der Waals surface area contributed by atoms with E-state index in [9.17, 15) is 9.59 Å². The maximum absolute atomic E-state index is 11.5. The number of carbonyl (C=O) groups excluding carboxylic acids is 1. The Morgan fingerprint density at radius 1 is 1.42 bits per heavy atom. The Kier molecular flexibility index (Phi) is 5.66. The highest BCUT2D eigenvalue weighted by Crippen LogP contribution is 2.35. The first-order chi connectivity index (χ1) is 11.4. The van der Waals surface area contributed by atoms with Gasteiger partial charge in [0.1, 0.15) is 11.8 Å². The average molecular weight is 344 g/mol. The fourth-order valence-electron chi connectivity index (χ4n) is 1.82. The summed E-state index contributed by atoms with van der Waals surface area (Å²) in [7, 11) is 0. The highest BCUT2D eigenvalue weighted by Gasteiger charge is 2.51. The summed E-state index contributed by atoms with van der Waals surface area (Å²) in [6.45, 7) is -0.307. The Balaban J connectivity index is 1.68. The van der Waals surface area contributed by atoms with Gasteiger partial charge in [-0.15, -0.1) is 0 Å². The summed E-state index contributed by atoms with van der Waals surface area (Å²) in [6.07, 6.45) is 0.404. The minimum absolute atomic E-state index is 0.183. The number of aliphatic hydroxyl groups excluding tert-OH is 1. The van der Waals surface area contributed by atoms with Gasteiger partial charge in [-0.2, -0.15) is 4.98 Å². The van der Waals surface area contributed by atoms with Gasteiger partial charge in [0, 0.05) is 6.42 Å². The smallest absolute Gasteiger partial charge is 0.339 e. The maximum Gasteiger partial charge on any atom is 0.339 e. The predicted molar refractivity (Wildman–Crippen MR) is 77.0 cm³/mol. The molecule has 1 aromatic rings. The third kappa shape index (κ3) is 4.61. The summed E-state index contributed by atoms with van der Waals surface area (Å²) >= 11 is 0. The lowest BCUT2D eigenvalue weighted by Crippen LogP contribution is -2.49. The molecule has 1 aliphatic carbocycles. The van der Waals surface area contributed by atoms with Gasteiger partial charge in [0.25, 0.3) is 0 Å². The number of nitrogens with one attached hydrogen (secondary N) is 2. The van der Waals surface area contributed by atoms with Crippen LogP contribution in [0.4, 0.5) is 4.79 Å². The number of carboxylic acids is 1. The zero-order valence-electron chi connectivity index (χ0n) is 12.8. The van der Waals surface area contributed by atoms with Crippen LogP contribution in [-0.2, 0) is 16.1 Å². The maximum atomic E-state index is 11.5. The second-order valence-corrected chi connectivity index (χ2v) is 5.47. The molecule has 0 bridgehead atoms. The molecular formula is C12H20N6O6. The quantitative estimate of drug-likeness (QED) is 0.218. The molecule has 2 atom stereocenters. The molecule has 1 heterocycles. The number of hydroxylamine groups is 1. The van der Waals surface area contributed by atoms with E-state index in [0.717, 1.165) is 0 Å². The van der Waals surface area contributed by atoms with Crippen LogP contribution in [0.5, 0.6) is 0 Å². The zero-order chi connectivity index (χ0) is 17.7. The fraction of sp³-hybridized carbons (Fsp3) is 0.667. The minimum Gasteiger partial charge on any atom is -0.480 e. The lowest BCUT2D eigenvalue weighted by Gasteiger charge is -2.15. The topological polar surface area (TPSA) is 199 Å². The minimum atomic E-state index is -1.21. The van der Waals surface area contributed by atoms with Crippen molar-refractivity contribution in [3.63, 3.8) is 0 Å². The summed E-state index contributed by atoms with van der Waals surface area (Å²) in [6, 6.07) is -1.50. The van der Waals surface area contributed by atoms with E-state index < -0.39 is 29.8 Å². The molecule has 134 valence electrons. The molecule has 0 aromatic carbocycles. The lowest BCUT2D eigenvalue weighted by atomic mass is 10.3. The first-order valence-electron chi connectivity index (χ1n) is 7.28. The van der Waals surface area contributed by atoms with Crippen molar-refractivity contribution < 1.29 is 29.2 Å². The summed E-state index contributed by atoms with van der Waals surface area (Å²) in [5.74, 6) is -0.640. The number of aliphatic carboxylic acids is 1. The number of aromatic nitrogens is 2. The summed E-state index contributed by atoms with van der Waals surface area (Å²) in [5, 5.41) is 23.8. The average Bonchev–Trinajstić information content (AvgIpc) is 3.18. The van der Waals surface area contributed by atoms with Gasteiger partial charge in [0.05, 0.1) is 12.6 Å². The van der Waals surface area contributed by atoms with Crippen molar-refractivity contribution in [1.82, 2.24) is 20.9 Å². The molecule has 1 saturated carbocycles. The molecule has 1 aromatic heterocycles. The number of aryl methyl sites for hydroxylation is 1. The standard InChI is InChI=1S/C12H20N6O6/c13-6(5-19)9-15-8(24-17-9)2-1-7(14)23-18-11(22)16-12(3-4-12)10(20)21/h6-7,19H,1-5,13-14H2,(H,20,21)(H2,16,18,22)/t6-,7-/m1/s1. The first kappa shape index (κ1) is 18.1. The number of carboxylic acid groups (broad SMARTS) is 1. The van der Waals surface area contributed by atoms with Crippen LogP contribution in [0.3, 0.4) is 0 Å². The van der Waals surface area contributed by atoms with E-state index in [4.69, 9.17) is 31.0 Å². The van der Waals surface area contributed by atoms with E-state index >= 15 is 0 Å². The van der Waals surface area contributed by atoms with Crippen LogP contribution in [0.2, 0.25) is 0 Å². The first-order valence-corrected chi connectivity index (χ1v) is 7.28. The van der Waals surface area contributed by atoms with Crippen LogP contribution >= 0.6 is 0 Å². The Labute approximate surface area is 136 Å². The molecule has 2 rings (SSSR count). The van der Waals surface area contributed by atoms with Crippen molar-refractivity contribution in [2.45, 2.75) is 43.5 Å². The monoisotopic (exact) mass is 344 g/mol. The molecule has 0 unspecified atom stereocenters. The van der Waals surface area contributed by atoms with E-state index in [1.54, 1.807) is 0 Å². The lowest BCUT2D eigenvalue weighted by molar-refractivity contribution is -0.140. The van der Waals surface area contributed by atoms with Crippen molar-refractivity contribution in [3.05, 3.63) is 11.7 Å². The summed E-state index contributed by atoms with van der Waals surface area (Å²) in [4.78, 5) is 31.4. The van der Waals surface area contributed by atoms with Crippen LogP contribution in [-0.4, -0.2) is 50.7 Å². The third-order valence-corrected chi connectivity index (χ3v) is 3.47. The molecular weight excluding hydrogens is 324 g/mol. The molecule has 0 radical (unpaired) electrons. The molecule has 0 saturated heterocycles. The van der Waals surface area contributed by atoms with Crippen molar-refractivity contribution in [1.29, 1.82) is 0 Å². The summed E-state index contributed by atoms with van der Waals surface area (Å²) in [5.41, 5.74) is 12.0. The Hall–Kier alpha value is -2.28. The van der Waals surface area contributed by atoms with Gasteiger partial charge in [-0.3, -0.25) is 4.84 Å². The number of amides is 2. The van der Waals surface area contributed by atoms with Crippen LogP contribution < -0.4 is 22.3 Å². The third-order valence-electron chi connectivity index (χ3n) is 3.47. The van der Waals surface area contributed by atoms with Crippen LogP contribution in [0.15, 0.2) is 4.52 Å². The van der Waals surface area contributed by atoms with Crippen molar-refractivity contribution in [3.8, 4) is 0 Å². The molecule has 2 amide bonds. The zero-order valence-corrected chi connectivity index (χ0v) is 12.8. The number of hydrogen-bond donors (Lipinski definition) is 6. The molecule has 1 fully saturated rings. The van der Waals surface area contributed by atoms with Crippen LogP contribution in [0, 0.1) is 0 Å². The van der Waals surface area contributed by atoms with Crippen LogP contribution in [0.1, 0.15) is 37.0 Å². The van der Waals surface area contributed by atoms with Crippen molar-refractivity contribution in [2.75, 3.05) is 6.61 Å². The van der Waals surface area contributed by atoms with E-state index in [-0.39, 0.29) is 31.2 Å². The molecule has 12 heteroatoms. The highest BCUT2D eigenvalue weighted by atomic mass is 16.7. The number of hydrogen-bond acceptors (Lipinski definition) is 9.